The molecule has 0 heterocycles. The van der Waals surface area contributed by atoms with E-state index in [0.29, 0.717) is 0 Å². The number of alkyl halides is 1. The quantitative estimate of drug-likeness (QED) is 0.637. The number of ketones is 1. The number of aryl methyl sites for hydroxylation is 1. The Morgan fingerprint density at radius 2 is 1.93 bits per heavy atom. The topological polar surface area (TPSA) is 54.4 Å². The summed E-state index contributed by atoms with van der Waals surface area (Å²) in [5.41, 5.74) is 1.00. The van der Waals surface area contributed by atoms with E-state index in [-0.39, 0.29) is 16.9 Å². The first kappa shape index (κ1) is 11.7. The smallest absolute Gasteiger partial charge is 0.336 e. The molecule has 0 radical (unpaired) electrons. The number of aromatic carboxylic acids is 1. The van der Waals surface area contributed by atoms with Crippen LogP contribution in [-0.2, 0) is 0 Å². The highest BCUT2D eigenvalue weighted by molar-refractivity contribution is 6.34. The maximum atomic E-state index is 11.6. The molecule has 0 amide bonds. The normalized spacial score (nSPS) is 12.2. The molecule has 0 spiro atoms. The van der Waals surface area contributed by atoms with Crippen molar-refractivity contribution in [3.63, 3.8) is 0 Å². The van der Waals surface area contributed by atoms with Gasteiger partial charge in [-0.25, -0.2) is 4.79 Å². The summed E-state index contributed by atoms with van der Waals surface area (Å²) in [4.78, 5) is 22.5. The van der Waals surface area contributed by atoms with E-state index in [2.05, 4.69) is 0 Å². The number of benzene rings is 1. The van der Waals surface area contributed by atoms with Crippen molar-refractivity contribution in [2.24, 2.45) is 0 Å². The molecule has 1 rings (SSSR count). The largest absolute Gasteiger partial charge is 0.478 e. The molecule has 0 aliphatic carbocycles. The summed E-state index contributed by atoms with van der Waals surface area (Å²) in [6.45, 7) is 3.32. The molecule has 3 nitrogen and oxygen atoms in total. The van der Waals surface area contributed by atoms with Gasteiger partial charge in [-0.3, -0.25) is 4.79 Å². The third-order valence-corrected chi connectivity index (χ3v) is 2.23. The Hall–Kier alpha value is -1.35. The molecule has 0 aliphatic rings. The summed E-state index contributed by atoms with van der Waals surface area (Å²) in [6.07, 6.45) is 0. The van der Waals surface area contributed by atoms with E-state index in [1.807, 2.05) is 0 Å². The molecule has 1 aromatic rings. The Morgan fingerprint density at radius 3 is 2.40 bits per heavy atom. The average Bonchev–Trinajstić information content (AvgIpc) is 2.15. The van der Waals surface area contributed by atoms with E-state index in [1.165, 1.54) is 13.0 Å². The minimum atomic E-state index is -1.12. The molecule has 15 heavy (non-hydrogen) atoms. The highest BCUT2D eigenvalue weighted by atomic mass is 35.5. The van der Waals surface area contributed by atoms with Crippen molar-refractivity contribution in [3.8, 4) is 0 Å². The maximum absolute atomic E-state index is 11.6. The maximum Gasteiger partial charge on any atom is 0.336 e. The lowest BCUT2D eigenvalue weighted by Gasteiger charge is -2.07. The zero-order valence-corrected chi connectivity index (χ0v) is 9.21. The molecule has 0 fully saturated rings. The van der Waals surface area contributed by atoms with Crippen LogP contribution >= 0.6 is 11.6 Å². The van der Waals surface area contributed by atoms with Crippen molar-refractivity contribution in [3.05, 3.63) is 34.9 Å². The summed E-state index contributed by atoms with van der Waals surface area (Å²) in [6, 6.07) is 4.62. The fourth-order valence-electron chi connectivity index (χ4n) is 1.26. The van der Waals surface area contributed by atoms with E-state index in [9.17, 15) is 9.59 Å². The second kappa shape index (κ2) is 4.45. The Bertz CT molecular complexity index is 410. The summed E-state index contributed by atoms with van der Waals surface area (Å²) < 4.78 is 0. The predicted octanol–water partition coefficient (Wildman–Crippen LogP) is 2.50. The first-order chi connectivity index (χ1) is 6.93. The Kier molecular flexibility index (Phi) is 3.48. The SMILES string of the molecule is Cc1ccc(C(=O)O)c(C(=O)C(C)Cl)c1. The van der Waals surface area contributed by atoms with Crippen LogP contribution in [0.1, 0.15) is 33.2 Å². The Morgan fingerprint density at radius 1 is 1.33 bits per heavy atom. The van der Waals surface area contributed by atoms with Gasteiger partial charge in [-0.2, -0.15) is 0 Å². The van der Waals surface area contributed by atoms with E-state index in [4.69, 9.17) is 16.7 Å². The van der Waals surface area contributed by atoms with Gasteiger partial charge in [0.25, 0.3) is 0 Å². The van der Waals surface area contributed by atoms with Crippen molar-refractivity contribution in [2.45, 2.75) is 19.2 Å². The van der Waals surface area contributed by atoms with Crippen LogP contribution in [0, 0.1) is 6.92 Å². The fraction of sp³-hybridized carbons (Fsp3) is 0.273. The summed E-state index contributed by atoms with van der Waals surface area (Å²) in [5.74, 6) is -1.48. The van der Waals surface area contributed by atoms with Crippen molar-refractivity contribution in [1.29, 1.82) is 0 Å². The van der Waals surface area contributed by atoms with Crippen LogP contribution in [0.4, 0.5) is 0 Å². The number of carbonyl (C=O) groups is 2. The number of hydrogen-bond acceptors (Lipinski definition) is 2. The van der Waals surface area contributed by atoms with E-state index in [1.54, 1.807) is 19.1 Å². The average molecular weight is 227 g/mol. The van der Waals surface area contributed by atoms with E-state index >= 15 is 0 Å². The lowest BCUT2D eigenvalue weighted by Crippen LogP contribution is -2.15. The van der Waals surface area contributed by atoms with E-state index < -0.39 is 11.3 Å². The molecule has 4 heteroatoms. The summed E-state index contributed by atoms with van der Waals surface area (Å²) in [7, 11) is 0. The molecule has 0 saturated carbocycles. The molecule has 0 aliphatic heterocycles. The molecular formula is C11H11ClO3. The van der Waals surface area contributed by atoms with Crippen molar-refractivity contribution in [2.75, 3.05) is 0 Å². The molecule has 0 bridgehead atoms. The van der Waals surface area contributed by atoms with Gasteiger partial charge in [0.1, 0.15) is 0 Å². The molecule has 1 atom stereocenters. The molecule has 1 aromatic carbocycles. The molecule has 0 aromatic heterocycles. The van der Waals surface area contributed by atoms with Crippen LogP contribution < -0.4 is 0 Å². The first-order valence-electron chi connectivity index (χ1n) is 4.45. The van der Waals surface area contributed by atoms with Gasteiger partial charge in [0.15, 0.2) is 5.78 Å². The highest BCUT2D eigenvalue weighted by Gasteiger charge is 2.19. The van der Waals surface area contributed by atoms with Gasteiger partial charge in [0.2, 0.25) is 0 Å². The van der Waals surface area contributed by atoms with Crippen LogP contribution in [0.2, 0.25) is 0 Å². The molecule has 1 N–H and O–H groups in total. The van der Waals surface area contributed by atoms with Crippen molar-refractivity contribution >= 4 is 23.4 Å². The minimum Gasteiger partial charge on any atom is -0.478 e. The summed E-state index contributed by atoms with van der Waals surface area (Å²) in [5, 5.41) is 8.17. The number of hydrogen-bond donors (Lipinski definition) is 1. The van der Waals surface area contributed by atoms with Gasteiger partial charge in [-0.05, 0) is 26.0 Å². The second-order valence-corrected chi connectivity index (χ2v) is 3.99. The van der Waals surface area contributed by atoms with Crippen LogP contribution in [0.3, 0.4) is 0 Å². The summed E-state index contributed by atoms with van der Waals surface area (Å²) >= 11 is 5.65. The number of rotatable bonds is 3. The van der Waals surface area contributed by atoms with Gasteiger partial charge in [-0.15, -0.1) is 11.6 Å². The van der Waals surface area contributed by atoms with Gasteiger partial charge in [0.05, 0.1) is 10.9 Å². The number of carboxylic acid groups (broad SMARTS) is 1. The lowest BCUT2D eigenvalue weighted by atomic mass is 9.99. The number of carbonyl (C=O) groups excluding carboxylic acids is 1. The van der Waals surface area contributed by atoms with Gasteiger partial charge in [0, 0.05) is 5.56 Å². The molecule has 0 saturated heterocycles. The fourth-order valence-corrected chi connectivity index (χ4v) is 1.38. The number of carboxylic acids is 1. The van der Waals surface area contributed by atoms with Gasteiger partial charge < -0.3 is 5.11 Å². The molecular weight excluding hydrogens is 216 g/mol. The third kappa shape index (κ3) is 2.57. The lowest BCUT2D eigenvalue weighted by molar-refractivity contribution is 0.0692. The Labute approximate surface area is 92.7 Å². The van der Waals surface area contributed by atoms with Crippen LogP contribution in [0.15, 0.2) is 18.2 Å². The standard InChI is InChI=1S/C11H11ClO3/c1-6-3-4-8(11(14)15)9(5-6)10(13)7(2)12/h3-5,7H,1-2H3,(H,14,15). The first-order valence-corrected chi connectivity index (χ1v) is 4.89. The minimum absolute atomic E-state index is 0.00176. The monoisotopic (exact) mass is 226 g/mol. The van der Waals surface area contributed by atoms with Gasteiger partial charge >= 0.3 is 5.97 Å². The molecule has 1 unspecified atom stereocenters. The Balaban J connectivity index is 3.30. The van der Waals surface area contributed by atoms with Crippen molar-refractivity contribution < 1.29 is 14.7 Å². The molecule has 80 valence electrons. The predicted molar refractivity (Wildman–Crippen MR) is 57.8 cm³/mol. The van der Waals surface area contributed by atoms with Crippen LogP contribution in [-0.4, -0.2) is 22.2 Å². The van der Waals surface area contributed by atoms with Gasteiger partial charge in [-0.1, -0.05) is 11.6 Å². The highest BCUT2D eigenvalue weighted by Crippen LogP contribution is 2.16. The third-order valence-electron chi connectivity index (χ3n) is 2.03. The zero-order chi connectivity index (χ0) is 11.6. The number of Topliss-reactive ketones (excluding diaryl/α,β-unsaturated/α-hetero) is 1. The second-order valence-electron chi connectivity index (χ2n) is 3.33. The van der Waals surface area contributed by atoms with Crippen molar-refractivity contribution in [1.82, 2.24) is 0 Å². The van der Waals surface area contributed by atoms with Crippen LogP contribution in [0.25, 0.3) is 0 Å². The number of halogens is 1. The van der Waals surface area contributed by atoms with E-state index in [0.717, 1.165) is 5.56 Å². The van der Waals surface area contributed by atoms with Crippen LogP contribution in [0.5, 0.6) is 0 Å². The zero-order valence-electron chi connectivity index (χ0n) is 8.45.